The van der Waals surface area contributed by atoms with Gasteiger partial charge in [-0.3, -0.25) is 9.80 Å². The summed E-state index contributed by atoms with van der Waals surface area (Å²) in [4.78, 5) is 24.0. The summed E-state index contributed by atoms with van der Waals surface area (Å²) in [7, 11) is 1.75. The highest BCUT2D eigenvalue weighted by atomic mass is 16.5. The monoisotopic (exact) mass is 404 g/mol. The van der Waals surface area contributed by atoms with Crippen LogP contribution in [0.5, 0.6) is 0 Å². The second kappa shape index (κ2) is 9.80. The number of rotatable bonds is 7. The molecule has 4 rings (SSSR count). The Hall–Kier alpha value is -2.80. The molecule has 0 unspecified atom stereocenters. The Morgan fingerprint density at radius 1 is 0.933 bits per heavy atom. The van der Waals surface area contributed by atoms with Gasteiger partial charge in [-0.05, 0) is 17.2 Å². The highest BCUT2D eigenvalue weighted by Crippen LogP contribution is 2.22. The van der Waals surface area contributed by atoms with Crippen LogP contribution in [-0.4, -0.2) is 66.2 Å². The normalized spacial score (nSPS) is 15.4. The van der Waals surface area contributed by atoms with E-state index >= 15 is 0 Å². The Kier molecular flexibility index (Phi) is 6.69. The van der Waals surface area contributed by atoms with Crippen LogP contribution < -0.4 is 5.69 Å². The van der Waals surface area contributed by atoms with Gasteiger partial charge in [0, 0.05) is 51.9 Å². The zero-order valence-corrected chi connectivity index (χ0v) is 17.4. The van der Waals surface area contributed by atoms with E-state index in [1.165, 1.54) is 5.56 Å². The number of aromatic nitrogens is 2. The predicted octanol–water partition coefficient (Wildman–Crippen LogP) is 2.87. The van der Waals surface area contributed by atoms with Crippen LogP contribution in [-0.2, 0) is 11.3 Å². The molecule has 6 nitrogen and oxygen atoms in total. The summed E-state index contributed by atoms with van der Waals surface area (Å²) in [5.74, 6) is 0. The van der Waals surface area contributed by atoms with Crippen molar-refractivity contribution in [1.29, 1.82) is 0 Å². The molecule has 0 bridgehead atoms. The number of methoxy groups -OCH3 is 1. The molecule has 2 aromatic carbocycles. The standard InChI is InChI=1S/C24H28N4O2/c1-30-16-15-27-11-13-28(14-12-27)18-19-7-9-21(10-8-19)23-17-22(25-24(29)26-23)20-5-3-2-4-6-20/h2-10,17H,11-16,18H2,1H3,(H,25,26,29). The molecule has 1 aliphatic rings. The third-order valence-corrected chi connectivity index (χ3v) is 5.56. The molecule has 2 heterocycles. The maximum absolute atomic E-state index is 12.1. The quantitative estimate of drug-likeness (QED) is 0.656. The van der Waals surface area contributed by atoms with Crippen LogP contribution in [0.1, 0.15) is 5.56 Å². The van der Waals surface area contributed by atoms with Gasteiger partial charge in [0.05, 0.1) is 18.0 Å². The van der Waals surface area contributed by atoms with Crippen molar-refractivity contribution in [1.82, 2.24) is 19.8 Å². The third-order valence-electron chi connectivity index (χ3n) is 5.56. The summed E-state index contributed by atoms with van der Waals surface area (Å²) in [5, 5.41) is 0. The molecule has 0 aliphatic carbocycles. The highest BCUT2D eigenvalue weighted by Gasteiger charge is 2.16. The second-order valence-corrected chi connectivity index (χ2v) is 7.66. The van der Waals surface area contributed by atoms with Crippen molar-refractivity contribution < 1.29 is 4.74 Å². The molecule has 0 spiro atoms. The van der Waals surface area contributed by atoms with Crippen LogP contribution in [0.15, 0.2) is 65.5 Å². The first-order chi connectivity index (χ1) is 14.7. The molecule has 0 radical (unpaired) electrons. The molecule has 1 aromatic heterocycles. The minimum absolute atomic E-state index is 0.332. The minimum atomic E-state index is -0.332. The fourth-order valence-electron chi connectivity index (χ4n) is 3.81. The van der Waals surface area contributed by atoms with Crippen molar-refractivity contribution in [2.24, 2.45) is 0 Å². The number of hydrogen-bond acceptors (Lipinski definition) is 5. The lowest BCUT2D eigenvalue weighted by Crippen LogP contribution is -2.46. The average molecular weight is 405 g/mol. The molecule has 3 aromatic rings. The van der Waals surface area contributed by atoms with Crippen LogP contribution in [0, 0.1) is 0 Å². The summed E-state index contributed by atoms with van der Waals surface area (Å²) in [6.07, 6.45) is 0. The molecule has 6 heteroatoms. The molecule has 156 valence electrons. The van der Waals surface area contributed by atoms with E-state index in [0.717, 1.165) is 62.7 Å². The highest BCUT2D eigenvalue weighted by molar-refractivity contribution is 5.67. The summed E-state index contributed by atoms with van der Waals surface area (Å²) in [6, 6.07) is 20.2. The van der Waals surface area contributed by atoms with E-state index in [2.05, 4.69) is 44.0 Å². The lowest BCUT2D eigenvalue weighted by atomic mass is 10.1. The molecular weight excluding hydrogens is 376 g/mol. The van der Waals surface area contributed by atoms with E-state index in [0.29, 0.717) is 5.69 Å². The largest absolute Gasteiger partial charge is 0.383 e. The fourth-order valence-corrected chi connectivity index (χ4v) is 3.81. The maximum atomic E-state index is 12.1. The van der Waals surface area contributed by atoms with Crippen LogP contribution in [0.4, 0.5) is 0 Å². The molecule has 0 saturated carbocycles. The maximum Gasteiger partial charge on any atom is 0.345 e. The Bertz CT molecular complexity index is 994. The number of piperazine rings is 1. The van der Waals surface area contributed by atoms with E-state index < -0.39 is 0 Å². The number of H-pyrrole nitrogens is 1. The zero-order valence-electron chi connectivity index (χ0n) is 17.4. The third kappa shape index (κ3) is 5.21. The number of hydrogen-bond donors (Lipinski definition) is 1. The Balaban J connectivity index is 1.42. The molecule has 0 atom stereocenters. The fraction of sp³-hybridized carbons (Fsp3) is 0.333. The van der Waals surface area contributed by atoms with Crippen molar-refractivity contribution in [3.05, 3.63) is 76.7 Å². The Labute approximate surface area is 177 Å². The van der Waals surface area contributed by atoms with E-state index in [-0.39, 0.29) is 5.69 Å². The summed E-state index contributed by atoms with van der Waals surface area (Å²) >= 11 is 0. The molecule has 1 N–H and O–H groups in total. The van der Waals surface area contributed by atoms with Gasteiger partial charge in [0.25, 0.3) is 0 Å². The molecule has 0 amide bonds. The van der Waals surface area contributed by atoms with Crippen LogP contribution >= 0.6 is 0 Å². The van der Waals surface area contributed by atoms with Crippen LogP contribution in [0.25, 0.3) is 22.5 Å². The Morgan fingerprint density at radius 2 is 1.63 bits per heavy atom. The van der Waals surface area contributed by atoms with E-state index in [9.17, 15) is 4.79 Å². The number of benzene rings is 2. The van der Waals surface area contributed by atoms with Gasteiger partial charge in [0.2, 0.25) is 0 Å². The van der Waals surface area contributed by atoms with Crippen molar-refractivity contribution in [2.45, 2.75) is 6.54 Å². The smallest absolute Gasteiger partial charge is 0.345 e. The van der Waals surface area contributed by atoms with Gasteiger partial charge in [-0.15, -0.1) is 0 Å². The van der Waals surface area contributed by atoms with Gasteiger partial charge in [0.1, 0.15) is 0 Å². The summed E-state index contributed by atoms with van der Waals surface area (Å²) in [6.45, 7) is 7.05. The zero-order chi connectivity index (χ0) is 20.8. The molecule has 1 saturated heterocycles. The molecular formula is C24H28N4O2. The van der Waals surface area contributed by atoms with Crippen molar-refractivity contribution >= 4 is 0 Å². The minimum Gasteiger partial charge on any atom is -0.383 e. The number of nitrogens with zero attached hydrogens (tertiary/aromatic N) is 3. The number of aromatic amines is 1. The van der Waals surface area contributed by atoms with Gasteiger partial charge in [-0.1, -0.05) is 54.6 Å². The second-order valence-electron chi connectivity index (χ2n) is 7.66. The molecule has 1 fully saturated rings. The van der Waals surface area contributed by atoms with E-state index in [1.807, 2.05) is 36.4 Å². The van der Waals surface area contributed by atoms with Crippen LogP contribution in [0.2, 0.25) is 0 Å². The number of nitrogens with one attached hydrogen (secondary N) is 1. The van der Waals surface area contributed by atoms with E-state index in [1.54, 1.807) is 7.11 Å². The predicted molar refractivity (Wildman–Crippen MR) is 119 cm³/mol. The average Bonchev–Trinajstić information content (AvgIpc) is 2.79. The Morgan fingerprint density at radius 3 is 2.33 bits per heavy atom. The van der Waals surface area contributed by atoms with Gasteiger partial charge in [0.15, 0.2) is 0 Å². The molecule has 30 heavy (non-hydrogen) atoms. The topological polar surface area (TPSA) is 61.5 Å². The van der Waals surface area contributed by atoms with Crippen molar-refractivity contribution in [3.8, 4) is 22.5 Å². The van der Waals surface area contributed by atoms with Gasteiger partial charge in [-0.2, -0.15) is 4.98 Å². The first-order valence-corrected chi connectivity index (χ1v) is 10.4. The molecule has 1 aliphatic heterocycles. The van der Waals surface area contributed by atoms with Crippen molar-refractivity contribution in [2.75, 3.05) is 46.4 Å². The van der Waals surface area contributed by atoms with Gasteiger partial charge < -0.3 is 9.72 Å². The lowest BCUT2D eigenvalue weighted by Gasteiger charge is -2.34. The number of ether oxygens (including phenoxy) is 1. The van der Waals surface area contributed by atoms with Crippen molar-refractivity contribution in [3.63, 3.8) is 0 Å². The van der Waals surface area contributed by atoms with Gasteiger partial charge >= 0.3 is 5.69 Å². The van der Waals surface area contributed by atoms with Gasteiger partial charge in [-0.25, -0.2) is 4.79 Å². The van der Waals surface area contributed by atoms with Crippen LogP contribution in [0.3, 0.4) is 0 Å². The first-order valence-electron chi connectivity index (χ1n) is 10.4. The SMILES string of the molecule is COCCN1CCN(Cc2ccc(-c3cc(-c4ccccc4)[nH]c(=O)n3)cc2)CC1. The summed E-state index contributed by atoms with van der Waals surface area (Å²) < 4.78 is 5.17. The first kappa shape index (κ1) is 20.5. The van der Waals surface area contributed by atoms with E-state index in [4.69, 9.17) is 4.74 Å². The lowest BCUT2D eigenvalue weighted by molar-refractivity contribution is 0.0938. The summed E-state index contributed by atoms with van der Waals surface area (Å²) in [5.41, 5.74) is 4.34.